The fourth-order valence-electron chi connectivity index (χ4n) is 3.38. The maximum Gasteiger partial charge on any atom is 0.278 e. The van der Waals surface area contributed by atoms with Crippen LogP contribution in [0.2, 0.25) is 0 Å². The van der Waals surface area contributed by atoms with Crippen molar-refractivity contribution in [1.29, 1.82) is 0 Å². The van der Waals surface area contributed by atoms with Crippen LogP contribution in [-0.2, 0) is 19.9 Å². The minimum atomic E-state index is -2.36. The number of halogens is 2. The molecule has 0 aromatic carbocycles. The summed E-state index contributed by atoms with van der Waals surface area (Å²) in [6.45, 7) is 4.33. The molecule has 2 aromatic rings. The molecule has 0 bridgehead atoms. The number of nitrogens with one attached hydrogen (secondary N) is 1. The second-order valence-corrected chi connectivity index (χ2v) is 7.57. The number of hydrogen-bond donors (Lipinski definition) is 1. The van der Waals surface area contributed by atoms with Crippen LogP contribution in [0.15, 0.2) is 37.1 Å². The van der Waals surface area contributed by atoms with E-state index in [1.165, 1.54) is 31.8 Å². The monoisotopic (exact) mass is 435 g/mol. The van der Waals surface area contributed by atoms with Crippen molar-refractivity contribution in [1.82, 2.24) is 20.3 Å². The molecule has 3 rings (SSSR count). The average molecular weight is 436 g/mol. The Bertz CT molecular complexity index is 878. The average Bonchev–Trinajstić information content (AvgIpc) is 2.76. The molecule has 2 atom stereocenters. The van der Waals surface area contributed by atoms with Gasteiger partial charge in [-0.2, -0.15) is 0 Å². The number of carbonyl (C=O) groups excluding carboxylic acids is 2. The van der Waals surface area contributed by atoms with Crippen LogP contribution in [0.3, 0.4) is 0 Å². The molecule has 0 saturated carbocycles. The van der Waals surface area contributed by atoms with Crippen molar-refractivity contribution in [3.8, 4) is 0 Å². The molecule has 1 N–H and O–H groups in total. The quantitative estimate of drug-likeness (QED) is 0.699. The number of ether oxygens (including phenoxy) is 1. The predicted octanol–water partition coefficient (Wildman–Crippen LogP) is 2.26. The first kappa shape index (κ1) is 22.0. The lowest BCUT2D eigenvalue weighted by Gasteiger charge is -2.41. The van der Waals surface area contributed by atoms with Gasteiger partial charge in [0.25, 0.3) is 17.4 Å². The molecule has 0 radical (unpaired) electrons. The van der Waals surface area contributed by atoms with Crippen LogP contribution < -0.4 is 10.2 Å². The Balaban J connectivity index is 2.10. The highest BCUT2D eigenvalue weighted by atomic mass is 35.5. The highest BCUT2D eigenvalue weighted by Crippen LogP contribution is 2.34. The van der Waals surface area contributed by atoms with Crippen LogP contribution in [0.5, 0.6) is 0 Å². The van der Waals surface area contributed by atoms with Gasteiger partial charge in [0.05, 0.1) is 11.9 Å². The molecule has 0 unspecified atom stereocenters. The molecular formula is C20H23ClFN5O3. The van der Waals surface area contributed by atoms with E-state index < -0.39 is 23.0 Å². The van der Waals surface area contributed by atoms with E-state index in [1.54, 1.807) is 19.1 Å². The molecule has 10 heteroatoms. The van der Waals surface area contributed by atoms with Crippen molar-refractivity contribution in [2.45, 2.75) is 43.9 Å². The van der Waals surface area contributed by atoms with Gasteiger partial charge in [-0.15, -0.1) is 0 Å². The van der Waals surface area contributed by atoms with E-state index >= 15 is 0 Å². The van der Waals surface area contributed by atoms with Gasteiger partial charge in [-0.1, -0.05) is 11.6 Å². The van der Waals surface area contributed by atoms with Gasteiger partial charge >= 0.3 is 0 Å². The minimum Gasteiger partial charge on any atom is -0.381 e. The summed E-state index contributed by atoms with van der Waals surface area (Å²) in [6, 6.07) is 3.11. The number of amides is 2. The third-order valence-corrected chi connectivity index (χ3v) is 5.32. The van der Waals surface area contributed by atoms with Crippen molar-refractivity contribution >= 4 is 29.1 Å². The number of anilines is 1. The molecule has 3 heterocycles. The van der Waals surface area contributed by atoms with E-state index in [2.05, 4.69) is 20.3 Å². The van der Waals surface area contributed by atoms with Crippen LogP contribution >= 0.6 is 11.6 Å². The van der Waals surface area contributed by atoms with Crippen molar-refractivity contribution < 1.29 is 18.7 Å². The van der Waals surface area contributed by atoms with Crippen LogP contribution in [-0.4, -0.2) is 51.7 Å². The van der Waals surface area contributed by atoms with Crippen molar-refractivity contribution in [2.24, 2.45) is 0 Å². The van der Waals surface area contributed by atoms with Gasteiger partial charge in [0.15, 0.2) is 5.54 Å². The largest absolute Gasteiger partial charge is 0.381 e. The van der Waals surface area contributed by atoms with E-state index in [4.69, 9.17) is 16.3 Å². The summed E-state index contributed by atoms with van der Waals surface area (Å²) in [4.78, 5) is 39.6. The molecule has 1 aliphatic rings. The molecule has 2 amide bonds. The lowest BCUT2D eigenvalue weighted by atomic mass is 9.89. The fraction of sp³-hybridized carbons (Fsp3) is 0.450. The van der Waals surface area contributed by atoms with Crippen LogP contribution in [0.1, 0.15) is 31.0 Å². The van der Waals surface area contributed by atoms with Crippen LogP contribution in [0, 0.1) is 6.92 Å². The molecule has 1 fully saturated rings. The molecule has 1 aliphatic heterocycles. The number of rotatable bonds is 6. The summed E-state index contributed by atoms with van der Waals surface area (Å²) in [5.41, 5.74) is -2.80. The molecule has 0 aliphatic carbocycles. The van der Waals surface area contributed by atoms with E-state index in [0.717, 1.165) is 4.90 Å². The molecule has 0 spiro atoms. The Kier molecular flexibility index (Phi) is 6.94. The third-order valence-electron chi connectivity index (χ3n) is 5.13. The zero-order valence-electron chi connectivity index (χ0n) is 16.7. The number of nitrogens with zero attached hydrogens (tertiary/aromatic N) is 4. The Morgan fingerprint density at radius 2 is 1.93 bits per heavy atom. The molecule has 2 aromatic heterocycles. The summed E-state index contributed by atoms with van der Waals surface area (Å²) < 4.78 is 19.4. The van der Waals surface area contributed by atoms with E-state index in [-0.39, 0.29) is 11.7 Å². The van der Waals surface area contributed by atoms with Crippen molar-refractivity contribution in [3.05, 3.63) is 48.3 Å². The second kappa shape index (κ2) is 9.44. The highest BCUT2D eigenvalue weighted by Gasteiger charge is 2.47. The van der Waals surface area contributed by atoms with Crippen molar-refractivity contribution in [3.63, 3.8) is 0 Å². The standard InChI is InChI=1S/C20H23ClFN5O3/c1-13-3-4-16(11-25-13)27(18(28)17(21)22)20(2,14-9-23-12-24-10-14)19(29)26-15-5-7-30-8-6-15/h3-4,9-12,15,17H,5-8H2,1-2H3,(H,26,29)/t17-,20-/m0/s1. The highest BCUT2D eigenvalue weighted by molar-refractivity contribution is 6.32. The Hall–Kier alpha value is -2.65. The Morgan fingerprint density at radius 3 is 2.50 bits per heavy atom. The van der Waals surface area contributed by atoms with E-state index in [1.807, 2.05) is 0 Å². The van der Waals surface area contributed by atoms with Gasteiger partial charge in [-0.3, -0.25) is 19.5 Å². The summed E-state index contributed by atoms with van der Waals surface area (Å²) in [5, 5.41) is 2.96. The van der Waals surface area contributed by atoms with Gasteiger partial charge in [0, 0.05) is 42.9 Å². The lowest BCUT2D eigenvalue weighted by Crippen LogP contribution is -2.60. The van der Waals surface area contributed by atoms with Crippen LogP contribution in [0.25, 0.3) is 0 Å². The van der Waals surface area contributed by atoms with E-state index in [0.29, 0.717) is 37.3 Å². The maximum absolute atomic E-state index is 14.1. The van der Waals surface area contributed by atoms with Gasteiger partial charge in [-0.25, -0.2) is 14.4 Å². The molecule has 160 valence electrons. The lowest BCUT2D eigenvalue weighted by molar-refractivity contribution is -0.132. The molecule has 8 nitrogen and oxygen atoms in total. The third kappa shape index (κ3) is 4.57. The fourth-order valence-corrected chi connectivity index (χ4v) is 3.47. The maximum atomic E-state index is 14.1. The zero-order chi connectivity index (χ0) is 21.7. The number of aryl methyl sites for hydroxylation is 1. The first-order valence-electron chi connectivity index (χ1n) is 9.53. The summed E-state index contributed by atoms with van der Waals surface area (Å²) in [7, 11) is 0. The van der Waals surface area contributed by atoms with Gasteiger partial charge < -0.3 is 10.1 Å². The number of alkyl halides is 2. The number of carbonyl (C=O) groups is 2. The smallest absolute Gasteiger partial charge is 0.278 e. The van der Waals surface area contributed by atoms with Gasteiger partial charge in [0.2, 0.25) is 0 Å². The molecular weight excluding hydrogens is 413 g/mol. The van der Waals surface area contributed by atoms with Gasteiger partial charge in [-0.05, 0) is 38.8 Å². The first-order valence-corrected chi connectivity index (χ1v) is 9.96. The number of aromatic nitrogens is 3. The van der Waals surface area contributed by atoms with E-state index in [9.17, 15) is 14.0 Å². The number of pyridine rings is 1. The Labute approximate surface area is 178 Å². The summed E-state index contributed by atoms with van der Waals surface area (Å²) >= 11 is 5.54. The summed E-state index contributed by atoms with van der Waals surface area (Å²) in [6.07, 6.45) is 6.80. The summed E-state index contributed by atoms with van der Waals surface area (Å²) in [5.74, 6) is -1.59. The first-order chi connectivity index (χ1) is 14.3. The Morgan fingerprint density at radius 1 is 1.27 bits per heavy atom. The SMILES string of the molecule is Cc1ccc(N(C(=O)[C@H](F)Cl)[C@](C)(C(=O)NC2CCOCC2)c2cncnc2)cn1. The van der Waals surface area contributed by atoms with Crippen molar-refractivity contribution in [2.75, 3.05) is 18.1 Å². The zero-order valence-corrected chi connectivity index (χ0v) is 17.5. The minimum absolute atomic E-state index is 0.138. The van der Waals surface area contributed by atoms with Crippen LogP contribution in [0.4, 0.5) is 10.1 Å². The topological polar surface area (TPSA) is 97.3 Å². The normalized spacial score (nSPS) is 17.6. The predicted molar refractivity (Wildman–Crippen MR) is 109 cm³/mol. The molecule has 1 saturated heterocycles. The number of hydrogen-bond acceptors (Lipinski definition) is 6. The molecule has 30 heavy (non-hydrogen) atoms. The second-order valence-electron chi connectivity index (χ2n) is 7.19. The van der Waals surface area contributed by atoms with Gasteiger partial charge in [0.1, 0.15) is 6.33 Å².